The van der Waals surface area contributed by atoms with Crippen molar-refractivity contribution in [2.75, 3.05) is 25.6 Å². The van der Waals surface area contributed by atoms with Crippen LogP contribution in [0.5, 0.6) is 0 Å². The van der Waals surface area contributed by atoms with Gasteiger partial charge in [-0.15, -0.1) is 11.3 Å². The zero-order valence-corrected chi connectivity index (χ0v) is 12.5. The van der Waals surface area contributed by atoms with Crippen LogP contribution in [0.25, 0.3) is 0 Å². The normalized spacial score (nSPS) is 10.9. The Bertz CT molecular complexity index is 520. The largest absolute Gasteiger partial charge is 0.383 e. The molecule has 0 unspecified atom stereocenters. The van der Waals surface area contributed by atoms with Crippen LogP contribution in [0.1, 0.15) is 16.4 Å². The van der Waals surface area contributed by atoms with E-state index in [0.717, 1.165) is 41.9 Å². The minimum Gasteiger partial charge on any atom is -0.383 e. The lowest BCUT2D eigenvalue weighted by molar-refractivity contribution is 0.187. The first-order chi connectivity index (χ1) is 9.19. The highest BCUT2D eigenvalue weighted by Gasteiger charge is 2.05. The van der Waals surface area contributed by atoms with Gasteiger partial charge in [0.05, 0.1) is 17.3 Å². The van der Waals surface area contributed by atoms with Crippen LogP contribution in [0.4, 0.5) is 5.95 Å². The maximum absolute atomic E-state index is 5.10. The summed E-state index contributed by atoms with van der Waals surface area (Å²) in [5.74, 6) is 0.905. The maximum atomic E-state index is 5.10. The van der Waals surface area contributed by atoms with Gasteiger partial charge in [0.1, 0.15) is 0 Å². The van der Waals surface area contributed by atoms with Crippen LogP contribution in [-0.2, 0) is 17.7 Å². The number of nitrogens with zero attached hydrogens (tertiary/aromatic N) is 3. The van der Waals surface area contributed by atoms with Crippen molar-refractivity contribution in [1.29, 1.82) is 0 Å². The van der Waals surface area contributed by atoms with Gasteiger partial charge in [-0.1, -0.05) is 0 Å². The SMILES string of the molecule is COCCn1cc(C)nc1NCCc1nc(C)cs1. The van der Waals surface area contributed by atoms with Crippen LogP contribution >= 0.6 is 11.3 Å². The van der Waals surface area contributed by atoms with Gasteiger partial charge in [-0.05, 0) is 13.8 Å². The summed E-state index contributed by atoms with van der Waals surface area (Å²) in [7, 11) is 1.71. The second-order valence-corrected chi connectivity index (χ2v) is 5.39. The molecule has 0 aliphatic rings. The molecule has 0 bridgehead atoms. The summed E-state index contributed by atoms with van der Waals surface area (Å²) in [4.78, 5) is 8.93. The number of methoxy groups -OCH3 is 1. The molecular weight excluding hydrogens is 260 g/mol. The Morgan fingerprint density at radius 1 is 1.32 bits per heavy atom. The lowest BCUT2D eigenvalue weighted by Crippen LogP contribution is -2.12. The van der Waals surface area contributed by atoms with Crippen molar-refractivity contribution < 1.29 is 4.74 Å². The van der Waals surface area contributed by atoms with Gasteiger partial charge in [-0.25, -0.2) is 9.97 Å². The highest BCUT2D eigenvalue weighted by atomic mass is 32.1. The zero-order chi connectivity index (χ0) is 13.7. The van der Waals surface area contributed by atoms with E-state index in [2.05, 4.69) is 25.2 Å². The Kier molecular flexibility index (Phi) is 4.93. The molecule has 0 aliphatic heterocycles. The molecule has 0 spiro atoms. The quantitative estimate of drug-likeness (QED) is 0.845. The summed E-state index contributed by atoms with van der Waals surface area (Å²) in [5.41, 5.74) is 2.11. The molecule has 0 amide bonds. The zero-order valence-electron chi connectivity index (χ0n) is 11.6. The predicted molar refractivity (Wildman–Crippen MR) is 77.9 cm³/mol. The molecule has 2 rings (SSSR count). The van der Waals surface area contributed by atoms with E-state index in [4.69, 9.17) is 4.74 Å². The molecular formula is C13H20N4OS. The van der Waals surface area contributed by atoms with E-state index in [1.807, 2.05) is 20.0 Å². The molecule has 0 fully saturated rings. The monoisotopic (exact) mass is 280 g/mol. The molecule has 104 valence electrons. The molecule has 0 saturated heterocycles. The number of hydrogen-bond donors (Lipinski definition) is 1. The molecule has 0 aromatic carbocycles. The van der Waals surface area contributed by atoms with Gasteiger partial charge in [0.15, 0.2) is 0 Å². The Morgan fingerprint density at radius 2 is 2.16 bits per heavy atom. The van der Waals surface area contributed by atoms with Crippen molar-refractivity contribution in [2.45, 2.75) is 26.8 Å². The topological polar surface area (TPSA) is 52.0 Å². The van der Waals surface area contributed by atoms with Crippen molar-refractivity contribution in [3.63, 3.8) is 0 Å². The predicted octanol–water partition coefficient (Wildman–Crippen LogP) is 2.26. The summed E-state index contributed by atoms with van der Waals surface area (Å²) in [5, 5.41) is 6.61. The number of thiazole rings is 1. The average Bonchev–Trinajstić information content (AvgIpc) is 2.93. The van der Waals surface area contributed by atoms with Crippen molar-refractivity contribution in [2.24, 2.45) is 0 Å². The highest BCUT2D eigenvalue weighted by Crippen LogP contribution is 2.11. The third kappa shape index (κ3) is 4.04. The van der Waals surface area contributed by atoms with Crippen LogP contribution in [0.3, 0.4) is 0 Å². The first kappa shape index (κ1) is 14.0. The molecule has 0 radical (unpaired) electrons. The van der Waals surface area contributed by atoms with E-state index >= 15 is 0 Å². The van der Waals surface area contributed by atoms with Gasteiger partial charge >= 0.3 is 0 Å². The Balaban J connectivity index is 1.88. The molecule has 6 heteroatoms. The Labute approximate surface area is 117 Å². The molecule has 1 N–H and O–H groups in total. The van der Waals surface area contributed by atoms with E-state index < -0.39 is 0 Å². The summed E-state index contributed by atoms with van der Waals surface area (Å²) in [6.07, 6.45) is 2.96. The minimum atomic E-state index is 0.691. The van der Waals surface area contributed by atoms with Crippen LogP contribution in [0.2, 0.25) is 0 Å². The number of imidazole rings is 1. The summed E-state index contributed by atoms with van der Waals surface area (Å²) >= 11 is 1.71. The third-order valence-corrected chi connectivity index (χ3v) is 3.75. The number of aromatic nitrogens is 3. The van der Waals surface area contributed by atoms with E-state index in [-0.39, 0.29) is 0 Å². The number of anilines is 1. The van der Waals surface area contributed by atoms with Crippen molar-refractivity contribution in [3.05, 3.63) is 28.0 Å². The first-order valence-corrected chi connectivity index (χ1v) is 7.24. The van der Waals surface area contributed by atoms with E-state index in [0.29, 0.717) is 6.61 Å². The summed E-state index contributed by atoms with van der Waals surface area (Å²) in [6.45, 7) is 6.37. The van der Waals surface area contributed by atoms with Gasteiger partial charge in [0, 0.05) is 43.9 Å². The smallest absolute Gasteiger partial charge is 0.203 e. The lowest BCUT2D eigenvalue weighted by atomic mass is 10.4. The van der Waals surface area contributed by atoms with Gasteiger partial charge < -0.3 is 14.6 Å². The maximum Gasteiger partial charge on any atom is 0.203 e. The van der Waals surface area contributed by atoms with Crippen LogP contribution < -0.4 is 5.32 Å². The van der Waals surface area contributed by atoms with Gasteiger partial charge in [0.25, 0.3) is 0 Å². The Morgan fingerprint density at radius 3 is 2.84 bits per heavy atom. The molecule has 0 atom stereocenters. The fourth-order valence-electron chi connectivity index (χ4n) is 1.85. The Hall–Kier alpha value is -1.40. The fraction of sp³-hybridized carbons (Fsp3) is 0.538. The average molecular weight is 280 g/mol. The van der Waals surface area contributed by atoms with Crippen molar-refractivity contribution in [3.8, 4) is 0 Å². The molecule has 0 saturated carbocycles. The molecule has 2 heterocycles. The van der Waals surface area contributed by atoms with E-state index in [1.165, 1.54) is 0 Å². The second kappa shape index (κ2) is 6.68. The molecule has 0 aliphatic carbocycles. The summed E-state index contributed by atoms with van der Waals surface area (Å²) in [6, 6.07) is 0. The van der Waals surface area contributed by atoms with Crippen LogP contribution in [-0.4, -0.2) is 34.8 Å². The van der Waals surface area contributed by atoms with E-state index in [1.54, 1.807) is 18.4 Å². The van der Waals surface area contributed by atoms with Crippen LogP contribution in [0.15, 0.2) is 11.6 Å². The molecule has 2 aromatic heterocycles. The van der Waals surface area contributed by atoms with E-state index in [9.17, 15) is 0 Å². The number of hydrogen-bond acceptors (Lipinski definition) is 5. The first-order valence-electron chi connectivity index (χ1n) is 6.36. The van der Waals surface area contributed by atoms with Crippen LogP contribution in [0, 0.1) is 13.8 Å². The molecule has 2 aromatic rings. The third-order valence-electron chi connectivity index (χ3n) is 2.72. The summed E-state index contributed by atoms with van der Waals surface area (Å²) < 4.78 is 7.19. The number of ether oxygens (including phenoxy) is 1. The van der Waals surface area contributed by atoms with Crippen molar-refractivity contribution >= 4 is 17.3 Å². The van der Waals surface area contributed by atoms with Gasteiger partial charge in [0.2, 0.25) is 5.95 Å². The van der Waals surface area contributed by atoms with Gasteiger partial charge in [-0.2, -0.15) is 0 Å². The number of nitrogens with one attached hydrogen (secondary N) is 1. The minimum absolute atomic E-state index is 0.691. The highest BCUT2D eigenvalue weighted by molar-refractivity contribution is 7.09. The molecule has 5 nitrogen and oxygen atoms in total. The number of aryl methyl sites for hydroxylation is 2. The standard InChI is InChI=1S/C13H20N4OS/c1-10-8-17(6-7-18-3)13(16-10)14-5-4-12-15-11(2)9-19-12/h8-9H,4-7H2,1-3H3,(H,14,16). The number of rotatable bonds is 7. The second-order valence-electron chi connectivity index (χ2n) is 4.45. The van der Waals surface area contributed by atoms with Gasteiger partial charge in [-0.3, -0.25) is 0 Å². The fourth-order valence-corrected chi connectivity index (χ4v) is 2.62. The molecule has 19 heavy (non-hydrogen) atoms. The lowest BCUT2D eigenvalue weighted by Gasteiger charge is -2.08. The van der Waals surface area contributed by atoms with Crippen molar-refractivity contribution in [1.82, 2.24) is 14.5 Å².